The zero-order chi connectivity index (χ0) is 21.0. The van der Waals surface area contributed by atoms with Gasteiger partial charge in [-0.05, 0) is 43.5 Å². The van der Waals surface area contributed by atoms with E-state index in [0.717, 1.165) is 10.8 Å². The smallest absolute Gasteiger partial charge is 0.325 e. The normalized spacial score (nSPS) is 14.8. The summed E-state index contributed by atoms with van der Waals surface area (Å²) in [5.41, 5.74) is 0.697. The van der Waals surface area contributed by atoms with Crippen molar-refractivity contribution >= 4 is 28.6 Å². The van der Waals surface area contributed by atoms with Crippen LogP contribution in [0.1, 0.15) is 37.0 Å². The Balaban J connectivity index is 1.67. The topological polar surface area (TPSA) is 66.9 Å². The molecule has 1 aliphatic heterocycles. The molecule has 0 atom stereocenters. The number of esters is 1. The number of methoxy groups -OCH3 is 1. The minimum Gasteiger partial charge on any atom is -0.468 e. The van der Waals surface area contributed by atoms with Gasteiger partial charge in [0.2, 0.25) is 5.91 Å². The lowest BCUT2D eigenvalue weighted by Crippen LogP contribution is -2.48. The molecule has 0 saturated carbocycles. The highest BCUT2D eigenvalue weighted by Crippen LogP contribution is 2.25. The largest absolute Gasteiger partial charge is 0.468 e. The lowest BCUT2D eigenvalue weighted by atomic mass is 9.93. The summed E-state index contributed by atoms with van der Waals surface area (Å²) in [4.78, 5) is 41.1. The van der Waals surface area contributed by atoms with Crippen LogP contribution in [0.15, 0.2) is 42.5 Å². The van der Waals surface area contributed by atoms with Gasteiger partial charge in [0, 0.05) is 30.6 Å². The molecular weight excluding hydrogens is 368 g/mol. The van der Waals surface area contributed by atoms with Crippen LogP contribution in [0.25, 0.3) is 10.8 Å². The van der Waals surface area contributed by atoms with E-state index >= 15 is 0 Å². The van der Waals surface area contributed by atoms with Crippen molar-refractivity contribution in [3.05, 3.63) is 48.0 Å². The lowest BCUT2D eigenvalue weighted by molar-refractivity contribution is -0.150. The van der Waals surface area contributed by atoms with Crippen LogP contribution in [0.2, 0.25) is 0 Å². The van der Waals surface area contributed by atoms with E-state index in [1.807, 2.05) is 61.2 Å². The molecule has 1 heterocycles. The van der Waals surface area contributed by atoms with E-state index in [-0.39, 0.29) is 30.3 Å². The average Bonchev–Trinajstić information content (AvgIpc) is 2.75. The predicted molar refractivity (Wildman–Crippen MR) is 111 cm³/mol. The summed E-state index contributed by atoms with van der Waals surface area (Å²) in [5.74, 6) is -0.639. The molecule has 29 heavy (non-hydrogen) atoms. The van der Waals surface area contributed by atoms with Gasteiger partial charge in [-0.1, -0.05) is 36.4 Å². The second kappa shape index (κ2) is 9.07. The number of piperidine rings is 1. The number of fused-ring (bicyclic) bond motifs is 1. The van der Waals surface area contributed by atoms with Crippen molar-refractivity contribution in [3.8, 4) is 0 Å². The number of carbonyl (C=O) groups excluding carboxylic acids is 3. The molecule has 0 bridgehead atoms. The minimum absolute atomic E-state index is 0.00276. The van der Waals surface area contributed by atoms with Crippen LogP contribution in [-0.2, 0) is 14.3 Å². The van der Waals surface area contributed by atoms with E-state index in [2.05, 4.69) is 0 Å². The Morgan fingerprint density at radius 1 is 1.07 bits per heavy atom. The summed E-state index contributed by atoms with van der Waals surface area (Å²) in [6, 6.07) is 13.5. The second-order valence-electron chi connectivity index (χ2n) is 7.73. The number of likely N-dealkylation sites (tertiary alicyclic amines) is 1. The second-order valence-corrected chi connectivity index (χ2v) is 7.73. The SMILES string of the molecule is COC(=O)CN(C(=O)C1CCN(C(=O)c2cccc3ccccc23)CC1)C(C)C. The highest BCUT2D eigenvalue weighted by Gasteiger charge is 2.32. The molecule has 154 valence electrons. The highest BCUT2D eigenvalue weighted by molar-refractivity contribution is 6.07. The van der Waals surface area contributed by atoms with Crippen LogP contribution >= 0.6 is 0 Å². The number of ether oxygens (including phenoxy) is 1. The summed E-state index contributed by atoms with van der Waals surface area (Å²) in [7, 11) is 1.32. The standard InChI is InChI=1S/C23H28N2O4/c1-16(2)25(15-21(26)29-3)22(27)18-11-13-24(14-12-18)23(28)20-10-6-8-17-7-4-5-9-19(17)20/h4-10,16,18H,11-15H2,1-3H3. The van der Waals surface area contributed by atoms with E-state index in [1.165, 1.54) is 7.11 Å². The third kappa shape index (κ3) is 4.58. The average molecular weight is 396 g/mol. The monoisotopic (exact) mass is 396 g/mol. The van der Waals surface area contributed by atoms with Gasteiger partial charge >= 0.3 is 5.97 Å². The van der Waals surface area contributed by atoms with Crippen LogP contribution in [0.4, 0.5) is 0 Å². The van der Waals surface area contributed by atoms with E-state index in [4.69, 9.17) is 4.74 Å². The Morgan fingerprint density at radius 3 is 2.38 bits per heavy atom. The molecule has 0 unspecified atom stereocenters. The number of hydrogen-bond donors (Lipinski definition) is 0. The molecule has 6 nitrogen and oxygen atoms in total. The van der Waals surface area contributed by atoms with Crippen LogP contribution in [0, 0.1) is 5.92 Å². The number of hydrogen-bond acceptors (Lipinski definition) is 4. The number of amides is 2. The van der Waals surface area contributed by atoms with Crippen molar-refractivity contribution in [2.24, 2.45) is 5.92 Å². The molecule has 2 amide bonds. The van der Waals surface area contributed by atoms with Crippen LogP contribution < -0.4 is 0 Å². The Kier molecular flexibility index (Phi) is 6.52. The first-order valence-electron chi connectivity index (χ1n) is 10.1. The van der Waals surface area contributed by atoms with Gasteiger partial charge in [-0.2, -0.15) is 0 Å². The van der Waals surface area contributed by atoms with E-state index in [1.54, 1.807) is 4.90 Å². The third-order valence-electron chi connectivity index (χ3n) is 5.58. The van der Waals surface area contributed by atoms with Gasteiger partial charge in [0.05, 0.1) is 7.11 Å². The quantitative estimate of drug-likeness (QED) is 0.729. The molecule has 1 fully saturated rings. The number of carbonyl (C=O) groups is 3. The zero-order valence-corrected chi connectivity index (χ0v) is 17.3. The molecule has 0 aromatic heterocycles. The molecule has 1 saturated heterocycles. The van der Waals surface area contributed by atoms with Gasteiger partial charge in [0.15, 0.2) is 0 Å². The summed E-state index contributed by atoms with van der Waals surface area (Å²) in [6.07, 6.45) is 1.19. The summed E-state index contributed by atoms with van der Waals surface area (Å²) >= 11 is 0. The van der Waals surface area contributed by atoms with Gasteiger partial charge in [-0.25, -0.2) is 0 Å². The molecule has 0 aliphatic carbocycles. The highest BCUT2D eigenvalue weighted by atomic mass is 16.5. The molecule has 3 rings (SSSR count). The maximum absolute atomic E-state index is 13.1. The predicted octanol–water partition coefficient (Wildman–Crippen LogP) is 3.10. The molecular formula is C23H28N2O4. The maximum Gasteiger partial charge on any atom is 0.325 e. The number of rotatable bonds is 5. The van der Waals surface area contributed by atoms with Crippen molar-refractivity contribution in [2.75, 3.05) is 26.7 Å². The van der Waals surface area contributed by atoms with Crippen molar-refractivity contribution in [1.29, 1.82) is 0 Å². The number of nitrogens with zero attached hydrogens (tertiary/aromatic N) is 2. The van der Waals surface area contributed by atoms with Gasteiger partial charge in [0.1, 0.15) is 6.54 Å². The molecule has 1 aliphatic rings. The van der Waals surface area contributed by atoms with E-state index in [0.29, 0.717) is 31.5 Å². The van der Waals surface area contributed by atoms with E-state index in [9.17, 15) is 14.4 Å². The Bertz CT molecular complexity index is 895. The maximum atomic E-state index is 13.1. The fraction of sp³-hybridized carbons (Fsp3) is 0.435. The van der Waals surface area contributed by atoms with Crippen LogP contribution in [-0.4, -0.2) is 60.4 Å². The fourth-order valence-electron chi connectivity index (χ4n) is 3.86. The van der Waals surface area contributed by atoms with Crippen molar-refractivity contribution in [1.82, 2.24) is 9.80 Å². The Morgan fingerprint density at radius 2 is 1.72 bits per heavy atom. The van der Waals surface area contributed by atoms with Crippen molar-refractivity contribution in [2.45, 2.75) is 32.7 Å². The minimum atomic E-state index is -0.421. The molecule has 2 aromatic carbocycles. The third-order valence-corrected chi connectivity index (χ3v) is 5.58. The molecule has 0 spiro atoms. The summed E-state index contributed by atoms with van der Waals surface area (Å²) < 4.78 is 4.72. The van der Waals surface area contributed by atoms with E-state index < -0.39 is 5.97 Å². The van der Waals surface area contributed by atoms with Crippen LogP contribution in [0.3, 0.4) is 0 Å². The van der Waals surface area contributed by atoms with Crippen molar-refractivity contribution < 1.29 is 19.1 Å². The van der Waals surface area contributed by atoms with Gasteiger partial charge < -0.3 is 14.5 Å². The number of benzene rings is 2. The summed E-state index contributed by atoms with van der Waals surface area (Å²) in [5, 5.41) is 1.99. The molecule has 0 N–H and O–H groups in total. The summed E-state index contributed by atoms with van der Waals surface area (Å²) in [6.45, 7) is 4.80. The van der Waals surface area contributed by atoms with Crippen molar-refractivity contribution in [3.63, 3.8) is 0 Å². The molecule has 2 aromatic rings. The first kappa shape index (κ1) is 20.8. The Labute approximate surface area is 171 Å². The first-order valence-corrected chi connectivity index (χ1v) is 10.1. The molecule has 0 radical (unpaired) electrons. The fourth-order valence-corrected chi connectivity index (χ4v) is 3.86. The van der Waals surface area contributed by atoms with Crippen LogP contribution in [0.5, 0.6) is 0 Å². The molecule has 6 heteroatoms. The Hall–Kier alpha value is -2.89. The first-order chi connectivity index (χ1) is 13.9. The van der Waals surface area contributed by atoms with Gasteiger partial charge in [-0.3, -0.25) is 14.4 Å². The zero-order valence-electron chi connectivity index (χ0n) is 17.3. The lowest BCUT2D eigenvalue weighted by Gasteiger charge is -2.35. The van der Waals surface area contributed by atoms with Gasteiger partial charge in [-0.15, -0.1) is 0 Å². The van der Waals surface area contributed by atoms with Gasteiger partial charge in [0.25, 0.3) is 5.91 Å².